The second kappa shape index (κ2) is 7.06. The SMILES string of the molecule is CNCCc1ccc(CN(C)c2cccc(F)c2)cc1. The number of nitrogens with one attached hydrogen (secondary N) is 1. The van der Waals surface area contributed by atoms with Gasteiger partial charge in [-0.25, -0.2) is 4.39 Å². The van der Waals surface area contributed by atoms with Gasteiger partial charge in [-0.15, -0.1) is 0 Å². The van der Waals surface area contributed by atoms with Gasteiger partial charge in [-0.2, -0.15) is 0 Å². The van der Waals surface area contributed by atoms with Gasteiger partial charge >= 0.3 is 0 Å². The Hall–Kier alpha value is -1.87. The number of nitrogens with zero attached hydrogens (tertiary/aromatic N) is 1. The number of rotatable bonds is 6. The van der Waals surface area contributed by atoms with Crippen LogP contribution in [0.2, 0.25) is 0 Å². The van der Waals surface area contributed by atoms with E-state index in [1.165, 1.54) is 17.2 Å². The van der Waals surface area contributed by atoms with Crippen molar-refractivity contribution in [1.29, 1.82) is 0 Å². The molecule has 0 unspecified atom stereocenters. The van der Waals surface area contributed by atoms with Gasteiger partial charge in [0.1, 0.15) is 5.82 Å². The van der Waals surface area contributed by atoms with E-state index in [1.54, 1.807) is 12.1 Å². The number of benzene rings is 2. The molecule has 2 aromatic carbocycles. The fraction of sp³-hybridized carbons (Fsp3) is 0.294. The molecule has 20 heavy (non-hydrogen) atoms. The van der Waals surface area contributed by atoms with Gasteiger partial charge < -0.3 is 10.2 Å². The Kier molecular flexibility index (Phi) is 5.13. The molecule has 2 aromatic rings. The summed E-state index contributed by atoms with van der Waals surface area (Å²) in [6.07, 6.45) is 1.04. The van der Waals surface area contributed by atoms with Gasteiger partial charge in [-0.3, -0.25) is 0 Å². The Labute approximate surface area is 120 Å². The molecule has 3 heteroatoms. The van der Waals surface area contributed by atoms with Crippen LogP contribution in [-0.2, 0) is 13.0 Å². The number of likely N-dealkylation sites (N-methyl/N-ethyl adjacent to an activating group) is 1. The summed E-state index contributed by atoms with van der Waals surface area (Å²) in [5, 5.41) is 3.15. The Morgan fingerprint density at radius 2 is 1.75 bits per heavy atom. The van der Waals surface area contributed by atoms with Crippen LogP contribution in [0.1, 0.15) is 11.1 Å². The first-order chi connectivity index (χ1) is 9.69. The quantitative estimate of drug-likeness (QED) is 0.868. The molecule has 1 N–H and O–H groups in total. The van der Waals surface area contributed by atoms with Crippen molar-refractivity contribution in [3.05, 3.63) is 65.5 Å². The van der Waals surface area contributed by atoms with Crippen LogP contribution in [0.15, 0.2) is 48.5 Å². The molecule has 0 aliphatic heterocycles. The molecule has 0 aliphatic rings. The van der Waals surface area contributed by atoms with Crippen molar-refractivity contribution in [1.82, 2.24) is 5.32 Å². The second-order valence-electron chi connectivity index (χ2n) is 5.01. The summed E-state index contributed by atoms with van der Waals surface area (Å²) in [7, 11) is 3.94. The van der Waals surface area contributed by atoms with E-state index in [2.05, 4.69) is 29.6 Å². The number of halogens is 1. The van der Waals surface area contributed by atoms with E-state index in [-0.39, 0.29) is 5.82 Å². The van der Waals surface area contributed by atoms with Gasteiger partial charge in [0, 0.05) is 19.3 Å². The van der Waals surface area contributed by atoms with Gasteiger partial charge in [-0.05, 0) is 49.3 Å². The van der Waals surface area contributed by atoms with Crippen molar-refractivity contribution in [2.75, 3.05) is 25.5 Å². The third-order valence-corrected chi connectivity index (χ3v) is 3.36. The highest BCUT2D eigenvalue weighted by Gasteiger charge is 2.03. The predicted octanol–water partition coefficient (Wildman–Crippen LogP) is 3.22. The van der Waals surface area contributed by atoms with Gasteiger partial charge in [0.05, 0.1) is 0 Å². The fourth-order valence-corrected chi connectivity index (χ4v) is 2.16. The van der Waals surface area contributed by atoms with E-state index in [9.17, 15) is 4.39 Å². The molecule has 0 bridgehead atoms. The third-order valence-electron chi connectivity index (χ3n) is 3.36. The maximum Gasteiger partial charge on any atom is 0.125 e. The van der Waals surface area contributed by atoms with Gasteiger partial charge in [-0.1, -0.05) is 30.3 Å². The van der Waals surface area contributed by atoms with Crippen molar-refractivity contribution >= 4 is 5.69 Å². The average Bonchev–Trinajstić information content (AvgIpc) is 2.46. The molecule has 106 valence electrons. The zero-order valence-electron chi connectivity index (χ0n) is 12.1. The van der Waals surface area contributed by atoms with E-state index in [4.69, 9.17) is 0 Å². The smallest absolute Gasteiger partial charge is 0.125 e. The lowest BCUT2D eigenvalue weighted by atomic mass is 10.1. The minimum absolute atomic E-state index is 0.197. The summed E-state index contributed by atoms with van der Waals surface area (Å²) in [6, 6.07) is 15.3. The normalized spacial score (nSPS) is 10.6. The molecule has 0 aromatic heterocycles. The lowest BCUT2D eigenvalue weighted by molar-refractivity contribution is 0.627. The molecular weight excluding hydrogens is 251 g/mol. The molecule has 0 atom stereocenters. The highest BCUT2D eigenvalue weighted by molar-refractivity contribution is 5.46. The van der Waals surface area contributed by atoms with Crippen molar-refractivity contribution < 1.29 is 4.39 Å². The maximum atomic E-state index is 13.2. The van der Waals surface area contributed by atoms with Crippen molar-refractivity contribution in [3.8, 4) is 0 Å². The molecule has 0 heterocycles. The summed E-state index contributed by atoms with van der Waals surface area (Å²) in [4.78, 5) is 2.05. The second-order valence-corrected chi connectivity index (χ2v) is 5.01. The zero-order valence-corrected chi connectivity index (χ0v) is 12.1. The highest BCUT2D eigenvalue weighted by Crippen LogP contribution is 2.17. The van der Waals surface area contributed by atoms with E-state index in [0.29, 0.717) is 0 Å². The minimum Gasteiger partial charge on any atom is -0.370 e. The topological polar surface area (TPSA) is 15.3 Å². The molecule has 0 saturated carbocycles. The molecule has 2 rings (SSSR count). The van der Waals surface area contributed by atoms with Crippen molar-refractivity contribution in [3.63, 3.8) is 0 Å². The van der Waals surface area contributed by atoms with Crippen LogP contribution in [0.25, 0.3) is 0 Å². The summed E-state index contributed by atoms with van der Waals surface area (Å²) in [5.74, 6) is -0.197. The van der Waals surface area contributed by atoms with Crippen LogP contribution >= 0.6 is 0 Å². The zero-order chi connectivity index (χ0) is 14.4. The molecular formula is C17H21FN2. The monoisotopic (exact) mass is 272 g/mol. The standard InChI is InChI=1S/C17H21FN2/c1-19-11-10-14-6-8-15(9-7-14)13-20(2)17-5-3-4-16(18)12-17/h3-9,12,19H,10-11,13H2,1-2H3. The highest BCUT2D eigenvalue weighted by atomic mass is 19.1. The third kappa shape index (κ3) is 4.07. The molecule has 0 radical (unpaired) electrons. The number of anilines is 1. The van der Waals surface area contributed by atoms with Crippen molar-refractivity contribution in [2.24, 2.45) is 0 Å². The summed E-state index contributed by atoms with van der Waals surface area (Å²) in [6.45, 7) is 1.76. The number of hydrogen-bond donors (Lipinski definition) is 1. The van der Waals surface area contributed by atoms with Crippen LogP contribution < -0.4 is 10.2 Å². The Morgan fingerprint density at radius 3 is 2.40 bits per heavy atom. The van der Waals surface area contributed by atoms with Crippen LogP contribution in [0.4, 0.5) is 10.1 Å². The van der Waals surface area contributed by atoms with E-state index in [1.807, 2.05) is 25.1 Å². The van der Waals surface area contributed by atoms with E-state index >= 15 is 0 Å². The first kappa shape index (κ1) is 14.5. The Bertz CT molecular complexity index is 537. The average molecular weight is 272 g/mol. The lowest BCUT2D eigenvalue weighted by Crippen LogP contribution is -2.16. The Morgan fingerprint density at radius 1 is 1.05 bits per heavy atom. The molecule has 2 nitrogen and oxygen atoms in total. The van der Waals surface area contributed by atoms with Crippen LogP contribution in [0, 0.1) is 5.82 Å². The van der Waals surface area contributed by atoms with E-state index < -0.39 is 0 Å². The fourth-order valence-electron chi connectivity index (χ4n) is 2.16. The van der Waals surface area contributed by atoms with Crippen LogP contribution in [0.3, 0.4) is 0 Å². The molecule has 0 amide bonds. The summed E-state index contributed by atoms with van der Waals surface area (Å²) < 4.78 is 13.2. The predicted molar refractivity (Wildman–Crippen MR) is 82.6 cm³/mol. The van der Waals surface area contributed by atoms with Gasteiger partial charge in [0.15, 0.2) is 0 Å². The molecule has 0 spiro atoms. The van der Waals surface area contributed by atoms with Crippen LogP contribution in [-0.4, -0.2) is 20.6 Å². The molecule has 0 fully saturated rings. The lowest BCUT2D eigenvalue weighted by Gasteiger charge is -2.19. The largest absolute Gasteiger partial charge is 0.370 e. The van der Waals surface area contributed by atoms with Crippen molar-refractivity contribution in [2.45, 2.75) is 13.0 Å². The summed E-state index contributed by atoms with van der Waals surface area (Å²) >= 11 is 0. The Balaban J connectivity index is 1.99. The van der Waals surface area contributed by atoms with E-state index in [0.717, 1.165) is 25.2 Å². The minimum atomic E-state index is -0.197. The van der Waals surface area contributed by atoms with Gasteiger partial charge in [0.2, 0.25) is 0 Å². The molecule has 0 saturated heterocycles. The number of hydrogen-bond acceptors (Lipinski definition) is 2. The van der Waals surface area contributed by atoms with Gasteiger partial charge in [0.25, 0.3) is 0 Å². The maximum absolute atomic E-state index is 13.2. The first-order valence-corrected chi connectivity index (χ1v) is 6.88. The molecule has 0 aliphatic carbocycles. The summed E-state index contributed by atoms with van der Waals surface area (Å²) in [5.41, 5.74) is 3.45. The van der Waals surface area contributed by atoms with Crippen LogP contribution in [0.5, 0.6) is 0 Å². The first-order valence-electron chi connectivity index (χ1n) is 6.88.